The van der Waals surface area contributed by atoms with E-state index in [4.69, 9.17) is 5.26 Å². The molecule has 1 N–H and O–H groups in total. The molecule has 2 rings (SSSR count). The molecule has 4 nitrogen and oxygen atoms in total. The Balaban J connectivity index is 2.27. The Morgan fingerprint density at radius 2 is 1.81 bits per heavy atom. The molecule has 0 radical (unpaired) electrons. The molecular weight excluding hydrogens is 284 g/mol. The third-order valence-electron chi connectivity index (χ3n) is 3.26. The highest BCUT2D eigenvalue weighted by Gasteiger charge is 2.18. The van der Waals surface area contributed by atoms with Crippen LogP contribution in [-0.2, 0) is 10.0 Å². The number of hydrogen-bond acceptors (Lipinski definition) is 3. The molecule has 2 aromatic carbocycles. The summed E-state index contributed by atoms with van der Waals surface area (Å²) in [6, 6.07) is 15.5. The largest absolute Gasteiger partial charge is 0.241 e. The summed E-state index contributed by atoms with van der Waals surface area (Å²) in [6.45, 7) is 3.52. The van der Waals surface area contributed by atoms with Crippen molar-refractivity contribution in [2.75, 3.05) is 0 Å². The summed E-state index contributed by atoms with van der Waals surface area (Å²) >= 11 is 0. The predicted molar refractivity (Wildman–Crippen MR) is 81.1 cm³/mol. The van der Waals surface area contributed by atoms with E-state index in [0.29, 0.717) is 11.1 Å². The van der Waals surface area contributed by atoms with Crippen molar-refractivity contribution in [2.24, 2.45) is 0 Å². The van der Waals surface area contributed by atoms with Crippen LogP contribution in [0.4, 0.5) is 0 Å². The number of nitriles is 1. The molecule has 1 unspecified atom stereocenters. The second kappa shape index (κ2) is 6.08. The van der Waals surface area contributed by atoms with Crippen molar-refractivity contribution < 1.29 is 8.42 Å². The van der Waals surface area contributed by atoms with Crippen molar-refractivity contribution in [1.29, 1.82) is 5.26 Å². The number of nitrogens with one attached hydrogen (secondary N) is 1. The molecule has 2 aromatic rings. The molecular formula is C16H16N2O2S. The van der Waals surface area contributed by atoms with Crippen LogP contribution < -0.4 is 4.72 Å². The summed E-state index contributed by atoms with van der Waals surface area (Å²) in [6.07, 6.45) is 0. The van der Waals surface area contributed by atoms with Crippen molar-refractivity contribution in [2.45, 2.75) is 24.8 Å². The van der Waals surface area contributed by atoms with Crippen LogP contribution in [0.15, 0.2) is 53.4 Å². The minimum atomic E-state index is -3.61. The maximum absolute atomic E-state index is 12.4. The van der Waals surface area contributed by atoms with Crippen molar-refractivity contribution in [3.63, 3.8) is 0 Å². The lowest BCUT2D eigenvalue weighted by molar-refractivity contribution is 0.567. The molecule has 0 amide bonds. The molecule has 0 aromatic heterocycles. The van der Waals surface area contributed by atoms with Crippen LogP contribution in [0, 0.1) is 18.3 Å². The van der Waals surface area contributed by atoms with Gasteiger partial charge in [0.25, 0.3) is 0 Å². The van der Waals surface area contributed by atoms with Gasteiger partial charge in [0, 0.05) is 6.04 Å². The van der Waals surface area contributed by atoms with Gasteiger partial charge in [-0.05, 0) is 43.2 Å². The molecule has 108 valence electrons. The Bertz CT molecular complexity index is 778. The molecule has 0 aliphatic heterocycles. The summed E-state index contributed by atoms with van der Waals surface area (Å²) in [5, 5.41) is 8.89. The normalized spacial score (nSPS) is 12.6. The fraction of sp³-hybridized carbons (Fsp3) is 0.188. The smallest absolute Gasteiger partial charge is 0.207 e. The van der Waals surface area contributed by atoms with Gasteiger partial charge in [0.1, 0.15) is 0 Å². The Morgan fingerprint density at radius 1 is 1.14 bits per heavy atom. The third-order valence-corrected chi connectivity index (χ3v) is 4.80. The van der Waals surface area contributed by atoms with Crippen LogP contribution in [0.25, 0.3) is 0 Å². The van der Waals surface area contributed by atoms with Crippen molar-refractivity contribution in [3.05, 3.63) is 65.2 Å². The Hall–Kier alpha value is -2.16. The maximum Gasteiger partial charge on any atom is 0.241 e. The first-order chi connectivity index (χ1) is 9.94. The van der Waals surface area contributed by atoms with Gasteiger partial charge in [0.15, 0.2) is 0 Å². The van der Waals surface area contributed by atoms with Crippen LogP contribution in [0.2, 0.25) is 0 Å². The first-order valence-corrected chi connectivity index (χ1v) is 8.00. The Morgan fingerprint density at radius 3 is 2.38 bits per heavy atom. The Labute approximate surface area is 125 Å². The molecule has 0 aliphatic rings. The first-order valence-electron chi connectivity index (χ1n) is 6.52. The highest BCUT2D eigenvalue weighted by Crippen LogP contribution is 2.19. The average Bonchev–Trinajstić information content (AvgIpc) is 2.47. The zero-order valence-corrected chi connectivity index (χ0v) is 12.7. The van der Waals surface area contributed by atoms with E-state index in [2.05, 4.69) is 4.72 Å². The molecule has 0 aliphatic carbocycles. The second-order valence-electron chi connectivity index (χ2n) is 4.84. The fourth-order valence-electron chi connectivity index (χ4n) is 2.04. The van der Waals surface area contributed by atoms with Gasteiger partial charge in [-0.15, -0.1) is 0 Å². The third kappa shape index (κ3) is 3.48. The van der Waals surface area contributed by atoms with Crippen LogP contribution in [0.1, 0.15) is 29.7 Å². The minimum absolute atomic E-state index is 0.168. The van der Waals surface area contributed by atoms with Crippen molar-refractivity contribution in [1.82, 2.24) is 4.72 Å². The molecule has 1 atom stereocenters. The molecule has 0 fully saturated rings. The standard InChI is InChI=1S/C16H16N2O2S/c1-12-10-16(9-8-15(12)11-17)21(19,20)18-13(2)14-6-4-3-5-7-14/h3-10,13,18H,1-2H3. The van der Waals surface area contributed by atoms with Gasteiger partial charge in [-0.2, -0.15) is 5.26 Å². The van der Waals surface area contributed by atoms with E-state index in [-0.39, 0.29) is 10.9 Å². The number of nitrogens with zero attached hydrogens (tertiary/aromatic N) is 1. The minimum Gasteiger partial charge on any atom is -0.207 e. The summed E-state index contributed by atoms with van der Waals surface area (Å²) in [5.41, 5.74) is 2.02. The van der Waals surface area contributed by atoms with Gasteiger partial charge >= 0.3 is 0 Å². The molecule has 0 spiro atoms. The van der Waals surface area contributed by atoms with E-state index < -0.39 is 10.0 Å². The fourth-order valence-corrected chi connectivity index (χ4v) is 3.36. The zero-order valence-electron chi connectivity index (χ0n) is 11.9. The lowest BCUT2D eigenvalue weighted by Crippen LogP contribution is -2.27. The summed E-state index contributed by atoms with van der Waals surface area (Å²) < 4.78 is 27.4. The van der Waals surface area contributed by atoms with E-state index >= 15 is 0 Å². The van der Waals surface area contributed by atoms with Gasteiger partial charge < -0.3 is 0 Å². The van der Waals surface area contributed by atoms with Crippen LogP contribution in [0.3, 0.4) is 0 Å². The molecule has 21 heavy (non-hydrogen) atoms. The number of rotatable bonds is 4. The highest BCUT2D eigenvalue weighted by atomic mass is 32.2. The van der Waals surface area contributed by atoms with Crippen molar-refractivity contribution in [3.8, 4) is 6.07 Å². The highest BCUT2D eigenvalue weighted by molar-refractivity contribution is 7.89. The monoisotopic (exact) mass is 300 g/mol. The van der Waals surface area contributed by atoms with Crippen LogP contribution in [0.5, 0.6) is 0 Å². The summed E-state index contributed by atoms with van der Waals surface area (Å²) in [7, 11) is -3.61. The van der Waals surface area contributed by atoms with Gasteiger partial charge in [-0.1, -0.05) is 30.3 Å². The van der Waals surface area contributed by atoms with Gasteiger partial charge in [0.05, 0.1) is 16.5 Å². The quantitative estimate of drug-likeness (QED) is 0.943. The Kier molecular flexibility index (Phi) is 4.41. The molecule has 0 heterocycles. The number of benzene rings is 2. The van der Waals surface area contributed by atoms with Crippen molar-refractivity contribution >= 4 is 10.0 Å². The maximum atomic E-state index is 12.4. The van der Waals surface area contributed by atoms with E-state index in [1.54, 1.807) is 13.8 Å². The summed E-state index contributed by atoms with van der Waals surface area (Å²) in [4.78, 5) is 0.168. The van der Waals surface area contributed by atoms with Gasteiger partial charge in [-0.3, -0.25) is 0 Å². The number of aryl methyl sites for hydroxylation is 1. The SMILES string of the molecule is Cc1cc(S(=O)(=O)NC(C)c2ccccc2)ccc1C#N. The second-order valence-corrected chi connectivity index (χ2v) is 6.56. The number of hydrogen-bond donors (Lipinski definition) is 1. The molecule has 0 bridgehead atoms. The lowest BCUT2D eigenvalue weighted by Gasteiger charge is -2.15. The van der Waals surface area contributed by atoms with E-state index in [1.807, 2.05) is 36.4 Å². The van der Waals surface area contributed by atoms with E-state index in [0.717, 1.165) is 5.56 Å². The van der Waals surface area contributed by atoms with Crippen LogP contribution >= 0.6 is 0 Å². The molecule has 0 saturated heterocycles. The first kappa shape index (κ1) is 15.2. The molecule has 5 heteroatoms. The van der Waals surface area contributed by atoms with Gasteiger partial charge in [-0.25, -0.2) is 13.1 Å². The average molecular weight is 300 g/mol. The van der Waals surface area contributed by atoms with E-state index in [1.165, 1.54) is 18.2 Å². The van der Waals surface area contributed by atoms with Gasteiger partial charge in [0.2, 0.25) is 10.0 Å². The van der Waals surface area contributed by atoms with Crippen LogP contribution in [-0.4, -0.2) is 8.42 Å². The summed E-state index contributed by atoms with van der Waals surface area (Å²) in [5.74, 6) is 0. The number of sulfonamides is 1. The topological polar surface area (TPSA) is 70.0 Å². The lowest BCUT2D eigenvalue weighted by atomic mass is 10.1. The predicted octanol–water partition coefficient (Wildman–Crippen LogP) is 2.91. The molecule has 0 saturated carbocycles. The van der Waals surface area contributed by atoms with E-state index in [9.17, 15) is 8.42 Å². The zero-order chi connectivity index (χ0) is 15.5.